The van der Waals surface area contributed by atoms with Gasteiger partial charge in [0.1, 0.15) is 6.67 Å². The highest BCUT2D eigenvalue weighted by Gasteiger charge is 2.37. The summed E-state index contributed by atoms with van der Waals surface area (Å²) in [6, 6.07) is 10.8. The van der Waals surface area contributed by atoms with Gasteiger partial charge in [-0.2, -0.15) is 13.2 Å². The first-order valence-corrected chi connectivity index (χ1v) is 8.66. The van der Waals surface area contributed by atoms with Crippen molar-refractivity contribution < 1.29 is 22.8 Å². The van der Waals surface area contributed by atoms with Crippen molar-refractivity contribution in [2.45, 2.75) is 19.0 Å². The quantitative estimate of drug-likeness (QED) is 0.758. The summed E-state index contributed by atoms with van der Waals surface area (Å²) in [7, 11) is 0. The molecule has 0 unspecified atom stereocenters. The third-order valence-corrected chi connectivity index (χ3v) is 4.55. The van der Waals surface area contributed by atoms with Crippen molar-refractivity contribution in [1.82, 2.24) is 4.90 Å². The van der Waals surface area contributed by atoms with Crippen molar-refractivity contribution in [3.8, 4) is 0 Å². The van der Waals surface area contributed by atoms with Crippen molar-refractivity contribution in [2.24, 2.45) is 0 Å². The number of benzene rings is 2. The van der Waals surface area contributed by atoms with Gasteiger partial charge in [0, 0.05) is 23.7 Å². The second-order valence-electron chi connectivity index (χ2n) is 6.16. The van der Waals surface area contributed by atoms with Gasteiger partial charge in [0.15, 0.2) is 0 Å². The largest absolute Gasteiger partial charge is 0.417 e. The molecule has 0 N–H and O–H groups in total. The number of alkyl halides is 3. The van der Waals surface area contributed by atoms with Crippen LogP contribution in [0.15, 0.2) is 48.5 Å². The van der Waals surface area contributed by atoms with Crippen LogP contribution in [0, 0.1) is 0 Å². The van der Waals surface area contributed by atoms with E-state index in [4.69, 9.17) is 11.6 Å². The predicted octanol–water partition coefficient (Wildman–Crippen LogP) is 4.59. The summed E-state index contributed by atoms with van der Waals surface area (Å²) in [5.74, 6) is -0.983. The van der Waals surface area contributed by atoms with Crippen LogP contribution in [0.3, 0.4) is 0 Å². The van der Waals surface area contributed by atoms with Crippen LogP contribution in [0.5, 0.6) is 0 Å². The van der Waals surface area contributed by atoms with E-state index >= 15 is 0 Å². The number of amides is 2. The lowest BCUT2D eigenvalue weighted by molar-refractivity contribution is -0.138. The van der Waals surface area contributed by atoms with Crippen LogP contribution >= 0.6 is 11.6 Å². The Morgan fingerprint density at radius 1 is 1.15 bits per heavy atom. The highest BCUT2D eigenvalue weighted by molar-refractivity contribution is 6.31. The number of carbonyl (C=O) groups excluding carboxylic acids is 2. The zero-order chi connectivity index (χ0) is 19.6. The molecule has 142 valence electrons. The van der Waals surface area contributed by atoms with Crippen LogP contribution in [-0.2, 0) is 11.0 Å². The summed E-state index contributed by atoms with van der Waals surface area (Å²) >= 11 is 5.99. The van der Waals surface area contributed by atoms with E-state index in [-0.39, 0.29) is 12.6 Å². The Kier molecular flexibility index (Phi) is 5.41. The molecule has 8 heteroatoms. The average Bonchev–Trinajstić information content (AvgIpc) is 3.03. The Hall–Kier alpha value is -2.54. The molecule has 0 bridgehead atoms. The molecule has 2 amide bonds. The van der Waals surface area contributed by atoms with E-state index in [1.54, 1.807) is 18.2 Å². The molecule has 2 aromatic carbocycles. The number of rotatable bonds is 4. The minimum absolute atomic E-state index is 0.135. The first-order chi connectivity index (χ1) is 12.8. The molecule has 1 saturated heterocycles. The summed E-state index contributed by atoms with van der Waals surface area (Å²) < 4.78 is 40.0. The second kappa shape index (κ2) is 7.60. The van der Waals surface area contributed by atoms with Crippen LogP contribution in [0.2, 0.25) is 5.02 Å². The maximum atomic E-state index is 13.3. The summed E-state index contributed by atoms with van der Waals surface area (Å²) in [5, 5.41) is 0.335. The van der Waals surface area contributed by atoms with E-state index in [0.717, 1.165) is 17.0 Å². The fourth-order valence-electron chi connectivity index (χ4n) is 2.99. The normalized spacial score (nSPS) is 14.5. The summed E-state index contributed by atoms with van der Waals surface area (Å²) in [4.78, 5) is 27.6. The molecule has 0 spiro atoms. The molecule has 4 nitrogen and oxygen atoms in total. The number of halogens is 4. The van der Waals surface area contributed by atoms with Gasteiger partial charge in [-0.3, -0.25) is 14.5 Å². The van der Waals surface area contributed by atoms with Crippen molar-refractivity contribution in [3.05, 3.63) is 64.7 Å². The molecule has 1 aliphatic rings. The van der Waals surface area contributed by atoms with Crippen LogP contribution in [-0.4, -0.2) is 29.9 Å². The molecule has 3 rings (SSSR count). The maximum absolute atomic E-state index is 13.3. The van der Waals surface area contributed by atoms with Gasteiger partial charge in [-0.05, 0) is 36.8 Å². The molecular weight excluding hydrogens is 381 g/mol. The number of hydrogen-bond donors (Lipinski definition) is 0. The molecule has 0 radical (unpaired) electrons. The summed E-state index contributed by atoms with van der Waals surface area (Å²) in [5.41, 5.74) is -1.17. The van der Waals surface area contributed by atoms with Gasteiger partial charge in [-0.15, -0.1) is 0 Å². The van der Waals surface area contributed by atoms with Crippen LogP contribution in [0.1, 0.15) is 28.8 Å². The fraction of sp³-hybridized carbons (Fsp3) is 0.263. The van der Waals surface area contributed by atoms with E-state index < -0.39 is 23.2 Å². The first-order valence-electron chi connectivity index (χ1n) is 8.29. The van der Waals surface area contributed by atoms with E-state index in [2.05, 4.69) is 0 Å². The van der Waals surface area contributed by atoms with E-state index in [1.807, 2.05) is 0 Å². The summed E-state index contributed by atoms with van der Waals surface area (Å²) in [6.07, 6.45) is -3.66. The van der Waals surface area contributed by atoms with Gasteiger partial charge >= 0.3 is 6.18 Å². The monoisotopic (exact) mass is 396 g/mol. The molecule has 0 saturated carbocycles. The lowest BCUT2D eigenvalue weighted by Gasteiger charge is -2.29. The van der Waals surface area contributed by atoms with Gasteiger partial charge < -0.3 is 4.90 Å². The molecule has 0 atom stereocenters. The Morgan fingerprint density at radius 2 is 1.89 bits per heavy atom. The molecule has 0 aromatic heterocycles. The molecule has 0 aliphatic carbocycles. The van der Waals surface area contributed by atoms with Gasteiger partial charge in [-0.25, -0.2) is 0 Å². The molecule has 27 heavy (non-hydrogen) atoms. The van der Waals surface area contributed by atoms with Gasteiger partial charge in [0.25, 0.3) is 5.91 Å². The minimum atomic E-state index is -4.67. The van der Waals surface area contributed by atoms with Crippen molar-refractivity contribution in [1.29, 1.82) is 0 Å². The average molecular weight is 397 g/mol. The third kappa shape index (κ3) is 4.24. The second-order valence-corrected chi connectivity index (χ2v) is 6.59. The Bertz CT molecular complexity index is 870. The highest BCUT2D eigenvalue weighted by Crippen LogP contribution is 2.33. The number of hydrogen-bond acceptors (Lipinski definition) is 2. The molecular formula is C19H16ClF3N2O2. The number of anilines is 1. The first kappa shape index (κ1) is 19.2. The molecule has 1 aliphatic heterocycles. The number of carbonyl (C=O) groups is 2. The SMILES string of the molecule is O=C1CCCN1CN(C(=O)c1ccccc1C(F)(F)F)c1cccc(Cl)c1. The zero-order valence-electron chi connectivity index (χ0n) is 14.2. The van der Waals surface area contributed by atoms with E-state index in [9.17, 15) is 22.8 Å². The molecule has 2 aromatic rings. The number of likely N-dealkylation sites (tertiary alicyclic amines) is 1. The standard InChI is InChI=1S/C19H16ClF3N2O2/c20-13-5-3-6-14(11-13)25(12-24-10-4-9-17(24)26)18(27)15-7-1-2-8-16(15)19(21,22)23/h1-3,5-8,11H,4,9-10,12H2. The Morgan fingerprint density at radius 3 is 2.52 bits per heavy atom. The van der Waals surface area contributed by atoms with Crippen LogP contribution in [0.4, 0.5) is 18.9 Å². The van der Waals surface area contributed by atoms with Crippen molar-refractivity contribution in [3.63, 3.8) is 0 Å². The molecule has 1 heterocycles. The predicted molar refractivity (Wildman–Crippen MR) is 95.5 cm³/mol. The lowest BCUT2D eigenvalue weighted by atomic mass is 10.1. The fourth-order valence-corrected chi connectivity index (χ4v) is 3.18. The van der Waals surface area contributed by atoms with Gasteiger partial charge in [0.05, 0.1) is 11.1 Å². The van der Waals surface area contributed by atoms with Crippen molar-refractivity contribution in [2.75, 3.05) is 18.1 Å². The zero-order valence-corrected chi connectivity index (χ0v) is 14.9. The van der Waals surface area contributed by atoms with Gasteiger partial charge in [0.2, 0.25) is 5.91 Å². The highest BCUT2D eigenvalue weighted by atomic mass is 35.5. The van der Waals surface area contributed by atoms with E-state index in [1.165, 1.54) is 23.1 Å². The van der Waals surface area contributed by atoms with Gasteiger partial charge in [-0.1, -0.05) is 29.8 Å². The van der Waals surface area contributed by atoms with Crippen LogP contribution < -0.4 is 4.90 Å². The third-order valence-electron chi connectivity index (χ3n) is 4.31. The van der Waals surface area contributed by atoms with E-state index in [0.29, 0.717) is 30.1 Å². The molecule has 1 fully saturated rings. The number of nitrogens with zero attached hydrogens (tertiary/aromatic N) is 2. The Balaban J connectivity index is 2.03. The smallest absolute Gasteiger partial charge is 0.324 e. The van der Waals surface area contributed by atoms with Crippen LogP contribution in [0.25, 0.3) is 0 Å². The lowest BCUT2D eigenvalue weighted by Crippen LogP contribution is -2.42. The van der Waals surface area contributed by atoms with Crippen molar-refractivity contribution >= 4 is 29.1 Å². The summed E-state index contributed by atoms with van der Waals surface area (Å²) in [6.45, 7) is 0.314. The topological polar surface area (TPSA) is 40.6 Å². The minimum Gasteiger partial charge on any atom is -0.324 e. The maximum Gasteiger partial charge on any atom is 0.417 e. The Labute approximate surface area is 159 Å².